The monoisotopic (exact) mass is 592 g/mol. The number of benzene rings is 1. The first-order valence-corrected chi connectivity index (χ1v) is 16.0. The first-order chi connectivity index (χ1) is 20.3. The fourth-order valence-electron chi connectivity index (χ4n) is 7.39. The Morgan fingerprint density at radius 1 is 0.929 bits per heavy atom. The molecule has 3 amide bonds. The molecule has 1 aromatic carbocycles. The smallest absolute Gasteiger partial charge is 0.248 e. The number of aliphatic hydroxyl groups excluding tert-OH is 1. The van der Waals surface area contributed by atoms with Crippen LogP contribution in [0.15, 0.2) is 48.6 Å². The van der Waals surface area contributed by atoms with Gasteiger partial charge in [-0.1, -0.05) is 61.4 Å². The van der Waals surface area contributed by atoms with Gasteiger partial charge < -0.3 is 19.8 Å². The van der Waals surface area contributed by atoms with Crippen molar-refractivity contribution in [2.24, 2.45) is 11.8 Å². The van der Waals surface area contributed by atoms with Crippen molar-refractivity contribution < 1.29 is 19.5 Å². The highest BCUT2D eigenvalue weighted by atomic mass is 32.2. The maximum absolute atomic E-state index is 14.6. The Hall–Kier alpha value is -3.18. The normalized spacial score (nSPS) is 30.6. The molecule has 0 radical (unpaired) electrons. The molecule has 0 saturated carbocycles. The maximum atomic E-state index is 14.6. The lowest BCUT2D eigenvalue weighted by Gasteiger charge is -2.36. The maximum Gasteiger partial charge on any atom is 0.248 e. The summed E-state index contributed by atoms with van der Waals surface area (Å²) in [4.78, 5) is 48.6. The zero-order chi connectivity index (χ0) is 29.5. The van der Waals surface area contributed by atoms with Crippen LogP contribution >= 0.6 is 11.8 Å². The van der Waals surface area contributed by atoms with Gasteiger partial charge in [-0.25, -0.2) is 4.68 Å². The van der Waals surface area contributed by atoms with Crippen LogP contribution in [0.3, 0.4) is 0 Å². The summed E-state index contributed by atoms with van der Waals surface area (Å²) in [6, 6.07) is 6.93. The van der Waals surface area contributed by atoms with Gasteiger partial charge in [0, 0.05) is 37.5 Å². The number of unbranched alkanes of at least 4 members (excludes halogenated alkanes) is 3. The Balaban J connectivity index is 1.37. The number of rotatable bonds is 10. The van der Waals surface area contributed by atoms with Crippen molar-refractivity contribution in [3.05, 3.63) is 48.6 Å². The van der Waals surface area contributed by atoms with E-state index in [1.54, 1.807) is 26.2 Å². The number of aromatic nitrogens is 3. The molecular weight excluding hydrogens is 552 g/mol. The third kappa shape index (κ3) is 4.65. The van der Waals surface area contributed by atoms with E-state index in [9.17, 15) is 19.5 Å². The number of aliphatic hydroxyl groups is 1. The van der Waals surface area contributed by atoms with Gasteiger partial charge in [0.15, 0.2) is 0 Å². The Bertz CT molecular complexity index is 1430. The van der Waals surface area contributed by atoms with Crippen LogP contribution in [0.25, 0.3) is 11.0 Å². The lowest BCUT2D eigenvalue weighted by atomic mass is 9.74. The van der Waals surface area contributed by atoms with Gasteiger partial charge in [0.1, 0.15) is 18.2 Å². The number of carbonyl (C=O) groups is 3. The number of carbonyl (C=O) groups excluding carboxylic acids is 3. The lowest BCUT2D eigenvalue weighted by Crippen LogP contribution is -2.53. The molecule has 1 N–H and O–H groups in total. The van der Waals surface area contributed by atoms with Crippen LogP contribution in [0, 0.1) is 11.8 Å². The molecule has 5 atom stereocenters. The number of hydrogen-bond acceptors (Lipinski definition) is 7. The molecule has 6 rings (SSSR count). The van der Waals surface area contributed by atoms with E-state index in [0.717, 1.165) is 43.1 Å². The number of likely N-dealkylation sites (tertiary alicyclic amines) is 1. The first-order valence-electron chi connectivity index (χ1n) is 15.2. The highest BCUT2D eigenvalue weighted by molar-refractivity contribution is 8.02. The SMILES string of the molecule is CCCN1CC=C[C@]2(C)S[C@]34C=CCN(Cn5nnc6ccccc65)C(=O)C3N(CCCCCCO)C(=O)[C@@H]4[C@@H]2C1=O. The molecule has 4 aliphatic rings. The third-order valence-electron chi connectivity index (χ3n) is 9.25. The van der Waals surface area contributed by atoms with Crippen LogP contribution in [-0.4, -0.2) is 101 Å². The standard InChI is InChI=1S/C31H40N6O4S/c1-3-16-34-17-10-14-30(2)24(27(34)39)25-28(40)36(19-8-4-5-9-20-38)26-29(41)35(18-11-15-31(25,26)42-30)21-37-23-13-7-6-12-22(23)32-33-37/h6-7,10-15,24-26,38H,3-5,8-9,16-21H2,1-2H3/t24-,25+,26?,30+,31+/m1/s1. The van der Waals surface area contributed by atoms with Gasteiger partial charge in [-0.2, -0.15) is 0 Å². The van der Waals surface area contributed by atoms with Crippen LogP contribution < -0.4 is 0 Å². The van der Waals surface area contributed by atoms with E-state index in [-0.39, 0.29) is 31.0 Å². The molecule has 224 valence electrons. The number of thioether (sulfide) groups is 1. The van der Waals surface area contributed by atoms with Gasteiger partial charge in [-0.05, 0) is 38.3 Å². The second kappa shape index (κ2) is 11.5. The summed E-state index contributed by atoms with van der Waals surface area (Å²) in [7, 11) is 0. The molecule has 2 fully saturated rings. The van der Waals surface area contributed by atoms with Crippen molar-refractivity contribution >= 4 is 40.5 Å². The molecule has 10 nitrogen and oxygen atoms in total. The molecule has 2 saturated heterocycles. The molecule has 42 heavy (non-hydrogen) atoms. The molecule has 2 aromatic rings. The van der Waals surface area contributed by atoms with Gasteiger partial charge >= 0.3 is 0 Å². The largest absolute Gasteiger partial charge is 0.396 e. The van der Waals surface area contributed by atoms with E-state index >= 15 is 0 Å². The topological polar surface area (TPSA) is 112 Å². The Morgan fingerprint density at radius 3 is 2.50 bits per heavy atom. The van der Waals surface area contributed by atoms with Crippen molar-refractivity contribution in [3.63, 3.8) is 0 Å². The van der Waals surface area contributed by atoms with Crippen LogP contribution in [-0.2, 0) is 21.1 Å². The summed E-state index contributed by atoms with van der Waals surface area (Å²) in [5.74, 6) is -1.40. The number of hydrogen-bond donors (Lipinski definition) is 1. The van der Waals surface area contributed by atoms with E-state index in [0.29, 0.717) is 26.2 Å². The molecule has 1 aromatic heterocycles. The van der Waals surface area contributed by atoms with Crippen LogP contribution in [0.1, 0.15) is 46.0 Å². The first kappa shape index (κ1) is 28.9. The minimum atomic E-state index is -0.854. The minimum absolute atomic E-state index is 0.00616. The molecule has 5 heterocycles. The number of fused-ring (bicyclic) bond motifs is 3. The van der Waals surface area contributed by atoms with Crippen LogP contribution in [0.2, 0.25) is 0 Å². The predicted octanol–water partition coefficient (Wildman–Crippen LogP) is 2.84. The van der Waals surface area contributed by atoms with Gasteiger partial charge in [-0.3, -0.25) is 14.4 Å². The van der Waals surface area contributed by atoms with Gasteiger partial charge in [0.05, 0.1) is 22.1 Å². The quantitative estimate of drug-likeness (QED) is 0.334. The van der Waals surface area contributed by atoms with Crippen molar-refractivity contribution in [2.75, 3.05) is 32.8 Å². The van der Waals surface area contributed by atoms with Crippen molar-refractivity contribution in [3.8, 4) is 0 Å². The molecule has 11 heteroatoms. The Morgan fingerprint density at radius 2 is 1.69 bits per heavy atom. The summed E-state index contributed by atoms with van der Waals surface area (Å²) < 4.78 is 0.273. The van der Waals surface area contributed by atoms with E-state index in [2.05, 4.69) is 42.4 Å². The zero-order valence-corrected chi connectivity index (χ0v) is 25.2. The molecule has 0 bridgehead atoms. The second-order valence-electron chi connectivity index (χ2n) is 12.0. The summed E-state index contributed by atoms with van der Waals surface area (Å²) in [5, 5.41) is 17.8. The zero-order valence-electron chi connectivity index (χ0n) is 24.4. The van der Waals surface area contributed by atoms with Gasteiger partial charge in [-0.15, -0.1) is 16.9 Å². The number of para-hydroxylation sites is 1. The fraction of sp³-hybridized carbons (Fsp3) is 0.581. The average molecular weight is 593 g/mol. The Labute approximate surface area is 250 Å². The van der Waals surface area contributed by atoms with Gasteiger partial charge in [0.2, 0.25) is 17.7 Å². The molecule has 1 spiro atoms. The van der Waals surface area contributed by atoms with Crippen molar-refractivity contribution in [1.29, 1.82) is 0 Å². The number of nitrogens with zero attached hydrogens (tertiary/aromatic N) is 6. The lowest BCUT2D eigenvalue weighted by molar-refractivity contribution is -0.145. The summed E-state index contributed by atoms with van der Waals surface area (Å²) in [5.41, 5.74) is 1.60. The molecule has 4 aliphatic heterocycles. The summed E-state index contributed by atoms with van der Waals surface area (Å²) >= 11 is 1.62. The average Bonchev–Trinajstić information content (AvgIpc) is 3.50. The van der Waals surface area contributed by atoms with Crippen molar-refractivity contribution in [1.82, 2.24) is 29.7 Å². The van der Waals surface area contributed by atoms with E-state index in [1.807, 2.05) is 35.2 Å². The predicted molar refractivity (Wildman–Crippen MR) is 161 cm³/mol. The molecule has 1 unspecified atom stereocenters. The number of amides is 3. The summed E-state index contributed by atoms with van der Waals surface area (Å²) in [6.45, 7) is 6.48. The third-order valence-corrected chi connectivity index (χ3v) is 11.0. The van der Waals surface area contributed by atoms with E-state index < -0.39 is 27.4 Å². The van der Waals surface area contributed by atoms with Gasteiger partial charge in [0.25, 0.3) is 0 Å². The molecular formula is C31H40N6O4S. The highest BCUT2D eigenvalue weighted by Gasteiger charge is 2.73. The minimum Gasteiger partial charge on any atom is -0.396 e. The fourth-order valence-corrected chi connectivity index (χ4v) is 9.55. The van der Waals surface area contributed by atoms with Crippen LogP contribution in [0.4, 0.5) is 0 Å². The Kier molecular flexibility index (Phi) is 7.91. The molecule has 0 aliphatic carbocycles. The van der Waals surface area contributed by atoms with Crippen molar-refractivity contribution in [2.45, 2.75) is 68.2 Å². The van der Waals surface area contributed by atoms with E-state index in [4.69, 9.17) is 0 Å². The summed E-state index contributed by atoms with van der Waals surface area (Å²) in [6.07, 6.45) is 12.2. The van der Waals surface area contributed by atoms with E-state index in [1.165, 1.54) is 0 Å². The van der Waals surface area contributed by atoms with Crippen LogP contribution in [0.5, 0.6) is 0 Å². The second-order valence-corrected chi connectivity index (χ2v) is 13.8. The highest BCUT2D eigenvalue weighted by Crippen LogP contribution is 2.65.